The number of aromatic nitrogens is 4. The minimum atomic E-state index is -4.63. The van der Waals surface area contributed by atoms with Gasteiger partial charge in [0.1, 0.15) is 17.0 Å². The van der Waals surface area contributed by atoms with Gasteiger partial charge in [-0.05, 0) is 52.7 Å². The Hall–Kier alpha value is -3.34. The number of fused-ring (bicyclic) bond motifs is 1. The Morgan fingerprint density at radius 2 is 1.97 bits per heavy atom. The van der Waals surface area contributed by atoms with Gasteiger partial charge >= 0.3 is 6.18 Å². The maximum absolute atomic E-state index is 13.9. The van der Waals surface area contributed by atoms with Crippen molar-refractivity contribution in [1.82, 2.24) is 25.4 Å². The lowest BCUT2D eigenvalue weighted by Gasteiger charge is -2.36. The van der Waals surface area contributed by atoms with E-state index >= 15 is 0 Å². The Balaban J connectivity index is 1.48. The quantitative estimate of drug-likeness (QED) is 0.563. The summed E-state index contributed by atoms with van der Waals surface area (Å²) in [4.78, 5) is 17.3. The monoisotopic (exact) mass is 485 g/mol. The molecule has 11 heteroatoms. The molecular weight excluding hydrogens is 459 g/mol. The molecule has 3 aromatic rings. The summed E-state index contributed by atoms with van der Waals surface area (Å²) < 4.78 is 46.9. The molecule has 2 aliphatic rings. The summed E-state index contributed by atoms with van der Waals surface area (Å²) in [6.45, 7) is 8.68. The Bertz CT molecular complexity index is 1280. The first-order chi connectivity index (χ1) is 16.5. The number of halogens is 3. The van der Waals surface area contributed by atoms with Crippen molar-refractivity contribution in [2.45, 2.75) is 64.8 Å². The minimum Gasteiger partial charge on any atom is -0.361 e. The molecule has 5 rings (SSSR count). The van der Waals surface area contributed by atoms with Gasteiger partial charge in [0.25, 0.3) is 0 Å². The zero-order valence-corrected chi connectivity index (χ0v) is 19.9. The van der Waals surface area contributed by atoms with Crippen molar-refractivity contribution in [3.8, 4) is 11.3 Å². The lowest BCUT2D eigenvalue weighted by atomic mass is 9.91. The van der Waals surface area contributed by atoms with E-state index in [2.05, 4.69) is 49.6 Å². The molecule has 0 unspecified atom stereocenters. The van der Waals surface area contributed by atoms with Crippen LogP contribution >= 0.6 is 0 Å². The Morgan fingerprint density at radius 1 is 1.17 bits per heavy atom. The SMILES string of the molecule is Cc1noc(C)c1-c1ccc2c(n1)CN=C2c1nc(N[C@H]2CCC(C)(C)NC2)ncc1C(F)(F)F. The maximum Gasteiger partial charge on any atom is 0.420 e. The first-order valence-corrected chi connectivity index (χ1v) is 11.5. The summed E-state index contributed by atoms with van der Waals surface area (Å²) in [5.74, 6) is 0.775. The van der Waals surface area contributed by atoms with Crippen LogP contribution in [0.2, 0.25) is 0 Å². The van der Waals surface area contributed by atoms with Crippen molar-refractivity contribution in [3.05, 3.63) is 52.3 Å². The van der Waals surface area contributed by atoms with Gasteiger partial charge in [0.2, 0.25) is 5.95 Å². The lowest BCUT2D eigenvalue weighted by molar-refractivity contribution is -0.138. The number of hydrogen-bond donors (Lipinski definition) is 2. The molecule has 0 bridgehead atoms. The second-order valence-electron chi connectivity index (χ2n) is 9.65. The molecule has 1 atom stereocenters. The third-order valence-electron chi connectivity index (χ3n) is 6.50. The smallest absolute Gasteiger partial charge is 0.361 e. The second kappa shape index (κ2) is 8.40. The van der Waals surface area contributed by atoms with E-state index in [0.29, 0.717) is 35.0 Å². The van der Waals surface area contributed by atoms with Crippen molar-refractivity contribution >= 4 is 11.7 Å². The summed E-state index contributed by atoms with van der Waals surface area (Å²) in [6.07, 6.45) is -2.01. The molecule has 3 aromatic heterocycles. The molecule has 0 aromatic carbocycles. The summed E-state index contributed by atoms with van der Waals surface area (Å²) in [6, 6.07) is 3.50. The van der Waals surface area contributed by atoms with E-state index in [1.807, 2.05) is 6.92 Å². The van der Waals surface area contributed by atoms with E-state index in [-0.39, 0.29) is 35.5 Å². The summed E-state index contributed by atoms with van der Waals surface area (Å²) in [5.41, 5.74) is 2.24. The fourth-order valence-corrected chi connectivity index (χ4v) is 4.54. The van der Waals surface area contributed by atoms with Crippen molar-refractivity contribution in [3.63, 3.8) is 0 Å². The fourth-order valence-electron chi connectivity index (χ4n) is 4.54. The van der Waals surface area contributed by atoms with Gasteiger partial charge < -0.3 is 15.2 Å². The van der Waals surface area contributed by atoms with Crippen LogP contribution in [-0.2, 0) is 12.7 Å². The molecule has 0 radical (unpaired) electrons. The van der Waals surface area contributed by atoms with E-state index in [1.165, 1.54) is 0 Å². The number of nitrogens with zero attached hydrogens (tertiary/aromatic N) is 5. The van der Waals surface area contributed by atoms with Crippen LogP contribution in [0.15, 0.2) is 27.8 Å². The topological polar surface area (TPSA) is 101 Å². The number of rotatable bonds is 4. The van der Waals surface area contributed by atoms with Gasteiger partial charge in [0.05, 0.1) is 34.9 Å². The molecule has 1 saturated heterocycles. The lowest BCUT2D eigenvalue weighted by Crippen LogP contribution is -2.50. The Kier molecular flexibility index (Phi) is 5.62. The minimum absolute atomic E-state index is 0.0182. The number of pyridine rings is 1. The third kappa shape index (κ3) is 4.52. The van der Waals surface area contributed by atoms with Crippen molar-refractivity contribution in [2.75, 3.05) is 11.9 Å². The Morgan fingerprint density at radius 3 is 2.63 bits per heavy atom. The average molecular weight is 486 g/mol. The number of aryl methyl sites for hydroxylation is 2. The van der Waals surface area contributed by atoms with Gasteiger partial charge in [0, 0.05) is 29.9 Å². The first-order valence-electron chi connectivity index (χ1n) is 11.5. The summed E-state index contributed by atoms with van der Waals surface area (Å²) in [7, 11) is 0. The molecule has 184 valence electrons. The molecule has 8 nitrogen and oxygen atoms in total. The van der Waals surface area contributed by atoms with Crippen LogP contribution in [0.4, 0.5) is 19.1 Å². The predicted molar refractivity (Wildman–Crippen MR) is 124 cm³/mol. The van der Waals surface area contributed by atoms with E-state index in [1.54, 1.807) is 19.1 Å². The maximum atomic E-state index is 13.9. The molecule has 2 N–H and O–H groups in total. The normalized spacial score (nSPS) is 19.4. The standard InChI is InChI=1S/C24H26F3N7O/c1-12-19(13(2)35-34-12)17-6-5-15-18(32-17)11-28-20(15)21-16(24(25,26)27)10-29-22(33-21)31-14-7-8-23(3,4)30-9-14/h5-6,10,14,30H,7-9,11H2,1-4H3,(H,29,31,33)/t14-/m0/s1. The van der Waals surface area contributed by atoms with E-state index in [9.17, 15) is 13.2 Å². The van der Waals surface area contributed by atoms with Crippen molar-refractivity contribution in [2.24, 2.45) is 4.99 Å². The number of piperidine rings is 1. The summed E-state index contributed by atoms with van der Waals surface area (Å²) in [5, 5.41) is 10.6. The van der Waals surface area contributed by atoms with E-state index in [0.717, 1.165) is 24.6 Å². The highest BCUT2D eigenvalue weighted by atomic mass is 19.4. The Labute approximate surface area is 200 Å². The number of aliphatic imine (C=N–C) groups is 1. The molecule has 0 amide bonds. The van der Waals surface area contributed by atoms with Crippen LogP contribution in [-0.4, -0.2) is 43.9 Å². The van der Waals surface area contributed by atoms with Gasteiger partial charge in [-0.25, -0.2) is 15.0 Å². The van der Waals surface area contributed by atoms with Crippen molar-refractivity contribution < 1.29 is 17.7 Å². The zero-order valence-electron chi connectivity index (χ0n) is 19.9. The molecule has 0 spiro atoms. The highest BCUT2D eigenvalue weighted by Crippen LogP contribution is 2.35. The number of hydrogen-bond acceptors (Lipinski definition) is 8. The highest BCUT2D eigenvalue weighted by Gasteiger charge is 2.38. The third-order valence-corrected chi connectivity index (χ3v) is 6.50. The number of nitrogens with one attached hydrogen (secondary N) is 2. The second-order valence-corrected chi connectivity index (χ2v) is 9.65. The molecular formula is C24H26F3N7O. The zero-order chi connectivity index (χ0) is 25.0. The van der Waals surface area contributed by atoms with Gasteiger partial charge in [-0.1, -0.05) is 5.16 Å². The molecule has 2 aliphatic heterocycles. The predicted octanol–water partition coefficient (Wildman–Crippen LogP) is 4.46. The summed E-state index contributed by atoms with van der Waals surface area (Å²) >= 11 is 0. The molecule has 0 saturated carbocycles. The number of anilines is 1. The van der Waals surface area contributed by atoms with Gasteiger partial charge in [-0.3, -0.25) is 4.99 Å². The van der Waals surface area contributed by atoms with Crippen LogP contribution in [0.1, 0.15) is 60.7 Å². The average Bonchev–Trinajstić information content (AvgIpc) is 3.36. The van der Waals surface area contributed by atoms with Gasteiger partial charge in [-0.2, -0.15) is 13.2 Å². The van der Waals surface area contributed by atoms with E-state index in [4.69, 9.17) is 4.52 Å². The molecule has 1 fully saturated rings. The first kappa shape index (κ1) is 23.4. The fraction of sp³-hybridized carbons (Fsp3) is 0.458. The van der Waals surface area contributed by atoms with Crippen LogP contribution in [0, 0.1) is 13.8 Å². The van der Waals surface area contributed by atoms with Crippen LogP contribution in [0.25, 0.3) is 11.3 Å². The number of alkyl halides is 3. The van der Waals surface area contributed by atoms with Crippen LogP contribution in [0.3, 0.4) is 0 Å². The highest BCUT2D eigenvalue weighted by molar-refractivity contribution is 6.14. The largest absolute Gasteiger partial charge is 0.420 e. The van der Waals surface area contributed by atoms with E-state index < -0.39 is 11.7 Å². The van der Waals surface area contributed by atoms with Crippen molar-refractivity contribution in [1.29, 1.82) is 0 Å². The molecule has 0 aliphatic carbocycles. The molecule has 35 heavy (non-hydrogen) atoms. The van der Waals surface area contributed by atoms with Gasteiger partial charge in [0.15, 0.2) is 0 Å². The van der Waals surface area contributed by atoms with Gasteiger partial charge in [-0.15, -0.1) is 0 Å². The van der Waals surface area contributed by atoms with Crippen LogP contribution in [0.5, 0.6) is 0 Å². The van der Waals surface area contributed by atoms with Crippen LogP contribution < -0.4 is 10.6 Å². The molecule has 5 heterocycles.